The zero-order valence-corrected chi connectivity index (χ0v) is 8.86. The van der Waals surface area contributed by atoms with Crippen LogP contribution in [0, 0.1) is 12.3 Å². The van der Waals surface area contributed by atoms with E-state index in [-0.39, 0.29) is 12.8 Å². The molecule has 1 aliphatic heterocycles. The number of nitrogens with zero attached hydrogens (tertiary/aromatic N) is 2. The summed E-state index contributed by atoms with van der Waals surface area (Å²) in [6.45, 7) is 0.703. The number of halogens is 2. The fourth-order valence-corrected chi connectivity index (χ4v) is 2.32. The lowest BCUT2D eigenvalue weighted by molar-refractivity contribution is -0.0220. The van der Waals surface area contributed by atoms with Crippen molar-refractivity contribution in [2.45, 2.75) is 18.8 Å². The van der Waals surface area contributed by atoms with Crippen LogP contribution in [0.25, 0.3) is 0 Å². The third-order valence-corrected chi connectivity index (χ3v) is 3.31. The van der Waals surface area contributed by atoms with Crippen molar-refractivity contribution in [2.75, 3.05) is 18.0 Å². The molecule has 1 fully saturated rings. The van der Waals surface area contributed by atoms with Gasteiger partial charge in [0.15, 0.2) is 5.13 Å². The van der Waals surface area contributed by atoms with Crippen LogP contribution in [0.5, 0.6) is 0 Å². The Bertz CT molecular complexity index is 384. The molecule has 1 aromatic rings. The number of piperidine rings is 1. The summed E-state index contributed by atoms with van der Waals surface area (Å²) in [5.74, 6) is -0.0840. The molecule has 1 aromatic heterocycles. The third-order valence-electron chi connectivity index (χ3n) is 2.41. The second kappa shape index (κ2) is 3.78. The minimum absolute atomic E-state index is 0.0992. The standard InChI is InChI=1S/C10H10F2N2S/c1-2-8-7-15-9(13-8)14-5-3-10(11,12)4-6-14/h1,7H,3-6H2. The summed E-state index contributed by atoms with van der Waals surface area (Å²) in [7, 11) is 0. The molecule has 0 aliphatic carbocycles. The maximum Gasteiger partial charge on any atom is 0.251 e. The highest BCUT2D eigenvalue weighted by Crippen LogP contribution is 2.31. The molecule has 80 valence electrons. The molecule has 0 spiro atoms. The van der Waals surface area contributed by atoms with Crippen molar-refractivity contribution >= 4 is 16.5 Å². The SMILES string of the molecule is C#Cc1csc(N2CCC(F)(F)CC2)n1. The molecule has 1 saturated heterocycles. The molecule has 1 aliphatic rings. The van der Waals surface area contributed by atoms with Gasteiger partial charge in [0.05, 0.1) is 0 Å². The Morgan fingerprint density at radius 1 is 1.47 bits per heavy atom. The molecule has 0 radical (unpaired) electrons. The van der Waals surface area contributed by atoms with E-state index in [9.17, 15) is 8.78 Å². The van der Waals surface area contributed by atoms with Crippen LogP contribution in [-0.2, 0) is 0 Å². The molecule has 2 heterocycles. The molecule has 2 nitrogen and oxygen atoms in total. The van der Waals surface area contributed by atoms with Gasteiger partial charge in [-0.2, -0.15) is 0 Å². The predicted octanol–water partition coefficient (Wildman–Crippen LogP) is 2.36. The lowest BCUT2D eigenvalue weighted by atomic mass is 10.1. The van der Waals surface area contributed by atoms with Gasteiger partial charge in [0.25, 0.3) is 5.92 Å². The molecular formula is C10H10F2N2S. The molecule has 5 heteroatoms. The van der Waals surface area contributed by atoms with E-state index in [2.05, 4.69) is 10.9 Å². The molecule has 0 unspecified atom stereocenters. The van der Waals surface area contributed by atoms with Gasteiger partial charge in [-0.1, -0.05) is 0 Å². The van der Waals surface area contributed by atoms with Crippen molar-refractivity contribution < 1.29 is 8.78 Å². The van der Waals surface area contributed by atoms with Gasteiger partial charge in [-0.15, -0.1) is 17.8 Å². The first-order chi connectivity index (χ1) is 7.11. The first kappa shape index (κ1) is 10.4. The lowest BCUT2D eigenvalue weighted by Gasteiger charge is -2.31. The predicted molar refractivity (Wildman–Crippen MR) is 56.4 cm³/mol. The van der Waals surface area contributed by atoms with Crippen molar-refractivity contribution in [3.63, 3.8) is 0 Å². The average molecular weight is 228 g/mol. The maximum atomic E-state index is 12.9. The van der Waals surface area contributed by atoms with Gasteiger partial charge in [-0.3, -0.25) is 0 Å². The van der Waals surface area contributed by atoms with Crippen molar-refractivity contribution in [2.24, 2.45) is 0 Å². The summed E-state index contributed by atoms with van der Waals surface area (Å²) in [5, 5.41) is 2.51. The van der Waals surface area contributed by atoms with E-state index in [1.54, 1.807) is 5.38 Å². The number of anilines is 1. The largest absolute Gasteiger partial charge is 0.348 e. The van der Waals surface area contributed by atoms with Crippen molar-refractivity contribution in [3.8, 4) is 12.3 Å². The minimum Gasteiger partial charge on any atom is -0.348 e. The van der Waals surface area contributed by atoms with Gasteiger partial charge in [0, 0.05) is 31.3 Å². The van der Waals surface area contributed by atoms with Crippen LogP contribution >= 0.6 is 11.3 Å². The van der Waals surface area contributed by atoms with Gasteiger partial charge in [0.1, 0.15) is 5.69 Å². The molecule has 0 aromatic carbocycles. The molecule has 15 heavy (non-hydrogen) atoms. The number of hydrogen-bond donors (Lipinski definition) is 0. The van der Waals surface area contributed by atoms with E-state index >= 15 is 0 Å². The fraction of sp³-hybridized carbons (Fsp3) is 0.500. The molecule has 0 saturated carbocycles. The molecule has 0 amide bonds. The number of thiazole rings is 1. The normalized spacial score (nSPS) is 19.9. The first-order valence-corrected chi connectivity index (χ1v) is 5.54. The van der Waals surface area contributed by atoms with E-state index in [1.807, 2.05) is 4.90 Å². The van der Waals surface area contributed by atoms with E-state index < -0.39 is 5.92 Å². The van der Waals surface area contributed by atoms with Crippen LogP contribution in [0.4, 0.5) is 13.9 Å². The number of terminal acetylenes is 1. The van der Waals surface area contributed by atoms with Crippen LogP contribution in [0.15, 0.2) is 5.38 Å². The molecule has 0 N–H and O–H groups in total. The number of hydrogen-bond acceptors (Lipinski definition) is 3. The molecule has 0 bridgehead atoms. The van der Waals surface area contributed by atoms with Crippen molar-refractivity contribution in [1.29, 1.82) is 0 Å². The Hall–Kier alpha value is -1.15. The van der Waals surface area contributed by atoms with Gasteiger partial charge < -0.3 is 4.90 Å². The number of aromatic nitrogens is 1. The van der Waals surface area contributed by atoms with Crippen molar-refractivity contribution in [1.82, 2.24) is 4.98 Å². The Kier molecular flexibility index (Phi) is 2.61. The molecule has 2 rings (SSSR count). The Labute approximate surface area is 90.9 Å². The molecular weight excluding hydrogens is 218 g/mol. The van der Waals surface area contributed by atoms with Gasteiger partial charge >= 0.3 is 0 Å². The van der Waals surface area contributed by atoms with Crippen LogP contribution in [0.1, 0.15) is 18.5 Å². The van der Waals surface area contributed by atoms with E-state index in [0.717, 1.165) is 5.13 Å². The highest BCUT2D eigenvalue weighted by molar-refractivity contribution is 7.13. The van der Waals surface area contributed by atoms with E-state index in [0.29, 0.717) is 18.8 Å². The first-order valence-electron chi connectivity index (χ1n) is 4.66. The van der Waals surface area contributed by atoms with Crippen molar-refractivity contribution in [3.05, 3.63) is 11.1 Å². The van der Waals surface area contributed by atoms with E-state index in [1.165, 1.54) is 11.3 Å². The Morgan fingerprint density at radius 2 is 2.13 bits per heavy atom. The second-order valence-electron chi connectivity index (χ2n) is 3.50. The topological polar surface area (TPSA) is 16.1 Å². The quantitative estimate of drug-likeness (QED) is 0.686. The van der Waals surface area contributed by atoms with Crippen LogP contribution in [-0.4, -0.2) is 24.0 Å². The Balaban J connectivity index is 2.05. The summed E-state index contributed by atoms with van der Waals surface area (Å²) >= 11 is 1.41. The van der Waals surface area contributed by atoms with Gasteiger partial charge in [-0.25, -0.2) is 13.8 Å². The third kappa shape index (κ3) is 2.26. The second-order valence-corrected chi connectivity index (χ2v) is 4.34. The summed E-state index contributed by atoms with van der Waals surface area (Å²) in [5.41, 5.74) is 0.576. The van der Waals surface area contributed by atoms with Crippen LogP contribution in [0.3, 0.4) is 0 Å². The fourth-order valence-electron chi connectivity index (χ4n) is 1.50. The number of alkyl halides is 2. The highest BCUT2D eigenvalue weighted by atomic mass is 32.1. The summed E-state index contributed by atoms with van der Waals surface area (Å²) < 4.78 is 25.8. The van der Waals surface area contributed by atoms with E-state index in [4.69, 9.17) is 6.42 Å². The zero-order valence-electron chi connectivity index (χ0n) is 8.04. The Morgan fingerprint density at radius 3 is 2.67 bits per heavy atom. The van der Waals surface area contributed by atoms with Crippen LogP contribution < -0.4 is 4.90 Å². The van der Waals surface area contributed by atoms with Crippen LogP contribution in [0.2, 0.25) is 0 Å². The smallest absolute Gasteiger partial charge is 0.251 e. The highest BCUT2D eigenvalue weighted by Gasteiger charge is 2.34. The average Bonchev–Trinajstić information content (AvgIpc) is 2.66. The lowest BCUT2D eigenvalue weighted by Crippen LogP contribution is -2.39. The van der Waals surface area contributed by atoms with Gasteiger partial charge in [0.2, 0.25) is 0 Å². The molecule has 0 atom stereocenters. The summed E-state index contributed by atoms with van der Waals surface area (Å²) in [6, 6.07) is 0. The monoisotopic (exact) mass is 228 g/mol. The number of rotatable bonds is 1. The summed E-state index contributed by atoms with van der Waals surface area (Å²) in [4.78, 5) is 6.03. The maximum absolute atomic E-state index is 12.9. The summed E-state index contributed by atoms with van der Waals surface area (Å²) in [6.07, 6.45) is 4.99. The zero-order chi connectivity index (χ0) is 10.9. The minimum atomic E-state index is -2.51. The van der Waals surface area contributed by atoms with Gasteiger partial charge in [-0.05, 0) is 5.92 Å².